The molecule has 2 fully saturated rings. The van der Waals surface area contributed by atoms with Crippen molar-refractivity contribution in [3.8, 4) is 0 Å². The summed E-state index contributed by atoms with van der Waals surface area (Å²) in [5.74, 6) is 0.131. The predicted octanol–water partition coefficient (Wildman–Crippen LogP) is 3.26. The van der Waals surface area contributed by atoms with Gasteiger partial charge in [0.25, 0.3) is 0 Å². The van der Waals surface area contributed by atoms with E-state index in [0.29, 0.717) is 13.1 Å². The first-order chi connectivity index (χ1) is 12.1. The van der Waals surface area contributed by atoms with Crippen LogP contribution >= 0.6 is 0 Å². The van der Waals surface area contributed by atoms with Gasteiger partial charge in [-0.3, -0.25) is 9.59 Å². The van der Waals surface area contributed by atoms with Gasteiger partial charge in [-0.25, -0.2) is 0 Å². The third-order valence-corrected chi connectivity index (χ3v) is 6.04. The van der Waals surface area contributed by atoms with Gasteiger partial charge in [0.1, 0.15) is 0 Å². The van der Waals surface area contributed by atoms with Crippen molar-refractivity contribution in [2.75, 3.05) is 19.6 Å². The standard InChI is InChI=1S/C21H30N2O2/c1-17(24)23-14-8-9-18(15-23)20(25)22-16-21(12-6-3-7-13-21)19-10-4-2-5-11-19/h2,4-5,10-11,18H,3,6-9,12-16H2,1H3,(H,22,25)/t18-/m0/s1. The summed E-state index contributed by atoms with van der Waals surface area (Å²) in [6.07, 6.45) is 7.83. The molecule has 4 nitrogen and oxygen atoms in total. The molecule has 4 heteroatoms. The van der Waals surface area contributed by atoms with Crippen molar-refractivity contribution in [2.45, 2.75) is 57.3 Å². The Hall–Kier alpha value is -1.84. The molecule has 1 aliphatic carbocycles. The molecule has 1 heterocycles. The van der Waals surface area contributed by atoms with Crippen LogP contribution in [0.4, 0.5) is 0 Å². The van der Waals surface area contributed by atoms with Crippen LogP contribution in [0.15, 0.2) is 30.3 Å². The Kier molecular flexibility index (Phi) is 5.77. The van der Waals surface area contributed by atoms with Crippen molar-refractivity contribution >= 4 is 11.8 Å². The number of carbonyl (C=O) groups is 2. The van der Waals surface area contributed by atoms with Crippen LogP contribution in [-0.2, 0) is 15.0 Å². The average Bonchev–Trinajstić information content (AvgIpc) is 2.67. The lowest BCUT2D eigenvalue weighted by Gasteiger charge is -2.39. The maximum atomic E-state index is 12.7. The van der Waals surface area contributed by atoms with Gasteiger partial charge >= 0.3 is 0 Å². The van der Waals surface area contributed by atoms with Crippen LogP contribution in [0.25, 0.3) is 0 Å². The van der Waals surface area contributed by atoms with E-state index in [0.717, 1.165) is 32.2 Å². The molecule has 25 heavy (non-hydrogen) atoms. The minimum Gasteiger partial charge on any atom is -0.355 e. The third kappa shape index (κ3) is 4.23. The summed E-state index contributed by atoms with van der Waals surface area (Å²) in [4.78, 5) is 26.1. The van der Waals surface area contributed by atoms with Crippen molar-refractivity contribution < 1.29 is 9.59 Å². The van der Waals surface area contributed by atoms with Crippen LogP contribution in [-0.4, -0.2) is 36.3 Å². The van der Waals surface area contributed by atoms with Gasteiger partial charge in [-0.1, -0.05) is 49.6 Å². The third-order valence-electron chi connectivity index (χ3n) is 6.04. The molecule has 1 saturated carbocycles. The molecule has 0 radical (unpaired) electrons. The molecule has 1 atom stereocenters. The van der Waals surface area contributed by atoms with Crippen molar-refractivity contribution in [3.05, 3.63) is 35.9 Å². The highest BCUT2D eigenvalue weighted by molar-refractivity contribution is 5.80. The summed E-state index contributed by atoms with van der Waals surface area (Å²) in [5.41, 5.74) is 1.42. The number of carbonyl (C=O) groups excluding carboxylic acids is 2. The Labute approximate surface area is 151 Å². The number of piperidine rings is 1. The summed E-state index contributed by atoms with van der Waals surface area (Å²) in [6, 6.07) is 10.7. The Morgan fingerprint density at radius 2 is 1.84 bits per heavy atom. The zero-order valence-electron chi connectivity index (χ0n) is 15.3. The molecule has 136 valence electrons. The Morgan fingerprint density at radius 3 is 2.52 bits per heavy atom. The summed E-state index contributed by atoms with van der Waals surface area (Å²) in [6.45, 7) is 3.66. The topological polar surface area (TPSA) is 49.4 Å². The van der Waals surface area contributed by atoms with Crippen molar-refractivity contribution in [2.24, 2.45) is 5.92 Å². The number of benzene rings is 1. The maximum Gasteiger partial charge on any atom is 0.224 e. The highest BCUT2D eigenvalue weighted by atomic mass is 16.2. The minimum absolute atomic E-state index is 0.0611. The molecule has 3 rings (SSSR count). The molecule has 1 aromatic carbocycles. The smallest absolute Gasteiger partial charge is 0.224 e. The lowest BCUT2D eigenvalue weighted by molar-refractivity contribution is -0.134. The van der Waals surface area contributed by atoms with Crippen LogP contribution in [0.5, 0.6) is 0 Å². The normalized spacial score (nSPS) is 23.1. The molecule has 1 aliphatic heterocycles. The molecule has 2 aliphatic rings. The van der Waals surface area contributed by atoms with E-state index >= 15 is 0 Å². The Morgan fingerprint density at radius 1 is 1.12 bits per heavy atom. The average molecular weight is 342 g/mol. The van der Waals surface area contributed by atoms with Gasteiger partial charge in [0.2, 0.25) is 11.8 Å². The SMILES string of the molecule is CC(=O)N1CCC[C@H](C(=O)NCC2(c3ccccc3)CCCCC2)C1. The second kappa shape index (κ2) is 8.03. The fourth-order valence-electron chi connectivity index (χ4n) is 4.47. The van der Waals surface area contributed by atoms with Gasteiger partial charge in [-0.2, -0.15) is 0 Å². The van der Waals surface area contributed by atoms with E-state index in [2.05, 4.69) is 35.6 Å². The molecule has 0 spiro atoms. The first-order valence-corrected chi connectivity index (χ1v) is 9.69. The highest BCUT2D eigenvalue weighted by Gasteiger charge is 2.35. The maximum absolute atomic E-state index is 12.7. The molecular formula is C21H30N2O2. The Bertz CT molecular complexity index is 593. The first kappa shape index (κ1) is 18.0. The summed E-state index contributed by atoms with van der Waals surface area (Å²) in [7, 11) is 0. The van der Waals surface area contributed by atoms with Gasteiger partial charge in [-0.15, -0.1) is 0 Å². The van der Waals surface area contributed by atoms with E-state index in [-0.39, 0.29) is 23.1 Å². The van der Waals surface area contributed by atoms with Gasteiger partial charge in [0.15, 0.2) is 0 Å². The number of likely N-dealkylation sites (tertiary alicyclic amines) is 1. The fraction of sp³-hybridized carbons (Fsp3) is 0.619. The van der Waals surface area contributed by atoms with Crippen molar-refractivity contribution in [3.63, 3.8) is 0 Å². The number of rotatable bonds is 4. The van der Waals surface area contributed by atoms with E-state index in [1.165, 1.54) is 24.8 Å². The number of amides is 2. The van der Waals surface area contributed by atoms with E-state index in [9.17, 15) is 9.59 Å². The van der Waals surface area contributed by atoms with Crippen LogP contribution < -0.4 is 5.32 Å². The Balaban J connectivity index is 1.65. The van der Waals surface area contributed by atoms with Gasteiger partial charge in [-0.05, 0) is 31.2 Å². The van der Waals surface area contributed by atoms with E-state index < -0.39 is 0 Å². The molecule has 1 saturated heterocycles. The van der Waals surface area contributed by atoms with Crippen LogP contribution in [0.2, 0.25) is 0 Å². The zero-order chi connectivity index (χ0) is 17.7. The van der Waals surface area contributed by atoms with Crippen molar-refractivity contribution in [1.82, 2.24) is 10.2 Å². The van der Waals surface area contributed by atoms with Gasteiger partial charge < -0.3 is 10.2 Å². The number of nitrogens with one attached hydrogen (secondary N) is 1. The van der Waals surface area contributed by atoms with E-state index in [1.807, 2.05) is 0 Å². The van der Waals surface area contributed by atoms with Gasteiger partial charge in [0, 0.05) is 32.0 Å². The highest BCUT2D eigenvalue weighted by Crippen LogP contribution is 2.39. The summed E-state index contributed by atoms with van der Waals surface area (Å²) in [5, 5.41) is 3.24. The van der Waals surface area contributed by atoms with E-state index in [1.54, 1.807) is 11.8 Å². The lowest BCUT2D eigenvalue weighted by atomic mass is 9.69. The van der Waals surface area contributed by atoms with E-state index in [4.69, 9.17) is 0 Å². The molecule has 1 aromatic rings. The molecular weight excluding hydrogens is 312 g/mol. The largest absolute Gasteiger partial charge is 0.355 e. The predicted molar refractivity (Wildman–Crippen MR) is 99.2 cm³/mol. The monoisotopic (exact) mass is 342 g/mol. The first-order valence-electron chi connectivity index (χ1n) is 9.69. The minimum atomic E-state index is -0.0611. The number of nitrogens with zero attached hydrogens (tertiary/aromatic N) is 1. The summed E-state index contributed by atoms with van der Waals surface area (Å²) < 4.78 is 0. The molecule has 0 bridgehead atoms. The quantitative estimate of drug-likeness (QED) is 0.913. The second-order valence-electron chi connectivity index (χ2n) is 7.73. The van der Waals surface area contributed by atoms with Crippen LogP contribution in [0.1, 0.15) is 57.4 Å². The molecule has 1 N–H and O–H groups in total. The number of hydrogen-bond acceptors (Lipinski definition) is 2. The van der Waals surface area contributed by atoms with Crippen molar-refractivity contribution in [1.29, 1.82) is 0 Å². The van der Waals surface area contributed by atoms with Gasteiger partial charge in [0.05, 0.1) is 5.92 Å². The molecule has 0 aromatic heterocycles. The molecule has 0 unspecified atom stereocenters. The van der Waals surface area contributed by atoms with Crippen LogP contribution in [0.3, 0.4) is 0 Å². The second-order valence-corrected chi connectivity index (χ2v) is 7.73. The number of hydrogen-bond donors (Lipinski definition) is 1. The van der Waals surface area contributed by atoms with Crippen LogP contribution in [0, 0.1) is 5.92 Å². The fourth-order valence-corrected chi connectivity index (χ4v) is 4.47. The molecule has 2 amide bonds. The lowest BCUT2D eigenvalue weighted by Crippen LogP contribution is -2.48. The zero-order valence-corrected chi connectivity index (χ0v) is 15.3. The summed E-state index contributed by atoms with van der Waals surface area (Å²) >= 11 is 0.